The van der Waals surface area contributed by atoms with Crippen LogP contribution in [-0.2, 0) is 5.41 Å². The van der Waals surface area contributed by atoms with E-state index in [9.17, 15) is 5.11 Å². The number of benzene rings is 3. The van der Waals surface area contributed by atoms with E-state index in [1.807, 2.05) is 14.1 Å². The molecule has 3 aromatic rings. The third-order valence-electron chi connectivity index (χ3n) is 6.14. The highest BCUT2D eigenvalue weighted by Gasteiger charge is 2.45. The van der Waals surface area contributed by atoms with Crippen molar-refractivity contribution in [3.63, 3.8) is 0 Å². The number of anilines is 1. The molecule has 158 valence electrons. The molecule has 0 aromatic heterocycles. The van der Waals surface area contributed by atoms with Gasteiger partial charge in [0.1, 0.15) is 6.61 Å². The van der Waals surface area contributed by atoms with E-state index in [0.717, 1.165) is 0 Å². The first-order chi connectivity index (χ1) is 14.9. The molecule has 0 aliphatic carbocycles. The lowest BCUT2D eigenvalue weighted by atomic mass is 9.79. The van der Waals surface area contributed by atoms with E-state index in [1.54, 1.807) is 0 Å². The summed E-state index contributed by atoms with van der Waals surface area (Å²) in [5, 5.41) is 12.3. The van der Waals surface area contributed by atoms with Crippen LogP contribution in [0.4, 0.5) is 11.4 Å². The SMILES string of the molecule is CN(C)c1ccc(/C=C/C=C/C2=[N+](CCO)c3ccc4ccccc4c3C2(C)C)cc1. The first-order valence-corrected chi connectivity index (χ1v) is 10.8. The summed E-state index contributed by atoms with van der Waals surface area (Å²) in [7, 11) is 4.10. The summed E-state index contributed by atoms with van der Waals surface area (Å²) in [5.41, 5.74) is 5.96. The van der Waals surface area contributed by atoms with Crippen LogP contribution in [0, 0.1) is 0 Å². The van der Waals surface area contributed by atoms with Gasteiger partial charge in [-0.2, -0.15) is 4.58 Å². The van der Waals surface area contributed by atoms with Gasteiger partial charge in [-0.15, -0.1) is 0 Å². The minimum Gasteiger partial charge on any atom is -0.390 e. The van der Waals surface area contributed by atoms with Gasteiger partial charge in [-0.05, 0) is 48.4 Å². The zero-order valence-corrected chi connectivity index (χ0v) is 18.8. The Bertz CT molecular complexity index is 1180. The van der Waals surface area contributed by atoms with E-state index in [2.05, 4.69) is 108 Å². The Hall–Kier alpha value is -3.17. The van der Waals surface area contributed by atoms with Crippen molar-refractivity contribution < 1.29 is 9.68 Å². The number of fused-ring (bicyclic) bond motifs is 3. The van der Waals surface area contributed by atoms with E-state index in [-0.39, 0.29) is 12.0 Å². The molecule has 0 saturated heterocycles. The summed E-state index contributed by atoms with van der Waals surface area (Å²) < 4.78 is 2.26. The largest absolute Gasteiger partial charge is 0.390 e. The van der Waals surface area contributed by atoms with Gasteiger partial charge in [-0.25, -0.2) is 0 Å². The average molecular weight is 412 g/mol. The van der Waals surface area contributed by atoms with E-state index in [1.165, 1.54) is 39.0 Å². The second-order valence-electron chi connectivity index (χ2n) is 8.77. The summed E-state index contributed by atoms with van der Waals surface area (Å²) in [6, 6.07) is 21.5. The predicted molar refractivity (Wildman–Crippen MR) is 133 cm³/mol. The summed E-state index contributed by atoms with van der Waals surface area (Å²) >= 11 is 0. The molecular formula is C28H31N2O+. The smallest absolute Gasteiger partial charge is 0.210 e. The van der Waals surface area contributed by atoms with Gasteiger partial charge in [0.25, 0.3) is 0 Å². The van der Waals surface area contributed by atoms with Gasteiger partial charge in [0, 0.05) is 37.5 Å². The Labute approximate surface area is 185 Å². The highest BCUT2D eigenvalue weighted by Crippen LogP contribution is 2.44. The highest BCUT2D eigenvalue weighted by molar-refractivity contribution is 6.07. The number of hydrogen-bond acceptors (Lipinski definition) is 2. The molecule has 31 heavy (non-hydrogen) atoms. The molecule has 0 fully saturated rings. The normalized spacial score (nSPS) is 15.4. The lowest BCUT2D eigenvalue weighted by Crippen LogP contribution is -2.28. The molecule has 3 heteroatoms. The van der Waals surface area contributed by atoms with E-state index < -0.39 is 0 Å². The van der Waals surface area contributed by atoms with Crippen LogP contribution in [0.25, 0.3) is 16.8 Å². The molecule has 1 aliphatic rings. The van der Waals surface area contributed by atoms with E-state index >= 15 is 0 Å². The lowest BCUT2D eigenvalue weighted by Gasteiger charge is -2.17. The third-order valence-corrected chi connectivity index (χ3v) is 6.14. The van der Waals surface area contributed by atoms with Gasteiger partial charge < -0.3 is 10.0 Å². The molecule has 0 radical (unpaired) electrons. The monoisotopic (exact) mass is 411 g/mol. The second-order valence-corrected chi connectivity index (χ2v) is 8.77. The molecule has 4 rings (SSSR count). The number of β-amino-alcohol motifs (C(OH)–C–C–N with tert-alkyl or cyclic N) is 1. The standard InChI is InChI=1S/C28H31N2O/c1-28(2)26(12-8-5-9-21-13-16-23(17-14-21)29(3)4)30(19-20-31)25-18-15-22-10-6-7-11-24(22)27(25)28/h5-18,31H,19-20H2,1-4H3/q+1. The average Bonchev–Trinajstić information content (AvgIpc) is 2.98. The summed E-state index contributed by atoms with van der Waals surface area (Å²) in [5.74, 6) is 0. The Balaban J connectivity index is 1.67. The van der Waals surface area contributed by atoms with Gasteiger partial charge >= 0.3 is 0 Å². The molecule has 3 nitrogen and oxygen atoms in total. The van der Waals surface area contributed by atoms with Gasteiger partial charge in [-0.3, -0.25) is 0 Å². The van der Waals surface area contributed by atoms with Crippen LogP contribution in [0.1, 0.15) is 25.0 Å². The lowest BCUT2D eigenvalue weighted by molar-refractivity contribution is -0.440. The van der Waals surface area contributed by atoms with Crippen molar-refractivity contribution in [1.29, 1.82) is 0 Å². The zero-order chi connectivity index (χ0) is 22.0. The van der Waals surface area contributed by atoms with Crippen molar-refractivity contribution in [2.75, 3.05) is 32.1 Å². The molecule has 3 aromatic carbocycles. The predicted octanol–water partition coefficient (Wildman–Crippen LogP) is 5.54. The maximum Gasteiger partial charge on any atom is 0.210 e. The van der Waals surface area contributed by atoms with E-state index in [4.69, 9.17) is 0 Å². The van der Waals surface area contributed by atoms with Crippen LogP contribution in [0.2, 0.25) is 0 Å². The first kappa shape index (κ1) is 21.1. The van der Waals surface area contributed by atoms with Crippen LogP contribution in [0.15, 0.2) is 78.9 Å². The van der Waals surface area contributed by atoms with Crippen molar-refractivity contribution >= 4 is 33.9 Å². The van der Waals surface area contributed by atoms with Gasteiger partial charge in [-0.1, -0.05) is 54.6 Å². The number of aliphatic hydroxyl groups is 1. The number of aliphatic hydroxyl groups excluding tert-OH is 1. The minimum atomic E-state index is -0.150. The van der Waals surface area contributed by atoms with Crippen LogP contribution >= 0.6 is 0 Å². The fourth-order valence-electron chi connectivity index (χ4n) is 4.57. The summed E-state index contributed by atoms with van der Waals surface area (Å²) in [6.07, 6.45) is 8.51. The van der Waals surface area contributed by atoms with Crippen LogP contribution < -0.4 is 4.90 Å². The molecule has 0 unspecified atom stereocenters. The van der Waals surface area contributed by atoms with Crippen molar-refractivity contribution in [1.82, 2.24) is 0 Å². The number of hydrogen-bond donors (Lipinski definition) is 1. The molecule has 1 heterocycles. The van der Waals surface area contributed by atoms with Crippen molar-refractivity contribution in [3.05, 3.63) is 90.0 Å². The van der Waals surface area contributed by atoms with Gasteiger partial charge in [0.15, 0.2) is 12.3 Å². The molecular weight excluding hydrogens is 380 g/mol. The molecule has 0 atom stereocenters. The summed E-state index contributed by atoms with van der Waals surface area (Å²) in [4.78, 5) is 2.10. The zero-order valence-electron chi connectivity index (χ0n) is 18.8. The number of nitrogens with zero attached hydrogens (tertiary/aromatic N) is 2. The molecule has 0 amide bonds. The topological polar surface area (TPSA) is 26.5 Å². The summed E-state index contributed by atoms with van der Waals surface area (Å²) in [6.45, 7) is 5.26. The van der Waals surface area contributed by atoms with Gasteiger partial charge in [0.2, 0.25) is 5.69 Å². The Morgan fingerprint density at radius 3 is 2.32 bits per heavy atom. The quantitative estimate of drug-likeness (QED) is 0.426. The molecule has 0 spiro atoms. The maximum absolute atomic E-state index is 9.74. The molecule has 0 saturated carbocycles. The van der Waals surface area contributed by atoms with Crippen molar-refractivity contribution in [2.45, 2.75) is 19.3 Å². The Morgan fingerprint density at radius 2 is 1.61 bits per heavy atom. The van der Waals surface area contributed by atoms with Crippen molar-refractivity contribution in [3.8, 4) is 0 Å². The Kier molecular flexibility index (Phi) is 5.79. The minimum absolute atomic E-state index is 0.119. The second kappa shape index (κ2) is 8.52. The number of rotatable bonds is 6. The van der Waals surface area contributed by atoms with E-state index in [0.29, 0.717) is 6.54 Å². The van der Waals surface area contributed by atoms with Crippen LogP contribution in [-0.4, -0.2) is 42.6 Å². The third kappa shape index (κ3) is 3.94. The van der Waals surface area contributed by atoms with Gasteiger partial charge in [0.05, 0.1) is 5.41 Å². The first-order valence-electron chi connectivity index (χ1n) is 10.8. The highest BCUT2D eigenvalue weighted by atomic mass is 16.3. The molecule has 0 bridgehead atoms. The van der Waals surface area contributed by atoms with Crippen LogP contribution in [0.5, 0.6) is 0 Å². The maximum atomic E-state index is 9.74. The number of allylic oxidation sites excluding steroid dienone is 3. The molecule has 1 N–H and O–H groups in total. The van der Waals surface area contributed by atoms with Crippen molar-refractivity contribution in [2.24, 2.45) is 0 Å². The fourth-order valence-corrected chi connectivity index (χ4v) is 4.57. The van der Waals surface area contributed by atoms with Crippen LogP contribution in [0.3, 0.4) is 0 Å². The fraction of sp³-hybridized carbons (Fsp3) is 0.250. The Morgan fingerprint density at radius 1 is 0.903 bits per heavy atom. The molecule has 1 aliphatic heterocycles.